The standard InChI is InChI=1S/C20H18N4O5S/c1-10(25)12-7-16-17(29-9-28-16)8-14(12)23-24-19-18(22-20(21)30-19)13-6-11(26-2)4-5-15(13)27-3/h4-8H,9H2,1-3H3,(H2,21,22). The van der Waals surface area contributed by atoms with Gasteiger partial charge >= 0.3 is 0 Å². The van der Waals surface area contributed by atoms with Gasteiger partial charge in [-0.25, -0.2) is 4.98 Å². The van der Waals surface area contributed by atoms with Gasteiger partial charge in [0.25, 0.3) is 0 Å². The van der Waals surface area contributed by atoms with E-state index < -0.39 is 0 Å². The molecule has 1 aliphatic rings. The summed E-state index contributed by atoms with van der Waals surface area (Å²) >= 11 is 1.17. The summed E-state index contributed by atoms with van der Waals surface area (Å²) in [6.07, 6.45) is 0. The second-order valence-corrected chi connectivity index (χ2v) is 7.26. The number of nitrogen functional groups attached to an aromatic ring is 1. The number of azo groups is 1. The summed E-state index contributed by atoms with van der Waals surface area (Å²) in [4.78, 5) is 16.5. The Bertz CT molecular complexity index is 1160. The highest BCUT2D eigenvalue weighted by atomic mass is 32.1. The highest BCUT2D eigenvalue weighted by Crippen LogP contribution is 2.44. The van der Waals surface area contributed by atoms with Crippen molar-refractivity contribution in [3.05, 3.63) is 35.9 Å². The summed E-state index contributed by atoms with van der Waals surface area (Å²) in [7, 11) is 3.14. The van der Waals surface area contributed by atoms with Gasteiger partial charge < -0.3 is 24.7 Å². The first-order valence-corrected chi connectivity index (χ1v) is 9.67. The van der Waals surface area contributed by atoms with E-state index in [1.54, 1.807) is 44.6 Å². The number of carbonyl (C=O) groups excluding carboxylic acids is 1. The molecule has 2 heterocycles. The third-order valence-electron chi connectivity index (χ3n) is 4.41. The van der Waals surface area contributed by atoms with Crippen LogP contribution in [0.1, 0.15) is 17.3 Å². The number of benzene rings is 2. The van der Waals surface area contributed by atoms with E-state index in [9.17, 15) is 4.79 Å². The molecule has 2 aromatic carbocycles. The number of methoxy groups -OCH3 is 2. The number of nitrogens with zero attached hydrogens (tertiary/aromatic N) is 3. The largest absolute Gasteiger partial charge is 0.497 e. The Balaban J connectivity index is 1.78. The average molecular weight is 426 g/mol. The molecule has 2 N–H and O–H groups in total. The lowest BCUT2D eigenvalue weighted by atomic mass is 10.1. The van der Waals surface area contributed by atoms with Crippen LogP contribution in [-0.4, -0.2) is 31.8 Å². The van der Waals surface area contributed by atoms with Crippen molar-refractivity contribution in [3.8, 4) is 34.3 Å². The predicted molar refractivity (Wildman–Crippen MR) is 112 cm³/mol. The first-order valence-electron chi connectivity index (χ1n) is 8.85. The number of anilines is 1. The van der Waals surface area contributed by atoms with Gasteiger partial charge in [-0.1, -0.05) is 11.3 Å². The van der Waals surface area contributed by atoms with Crippen LogP contribution in [0, 0.1) is 0 Å². The van der Waals surface area contributed by atoms with Crippen LogP contribution in [0.15, 0.2) is 40.6 Å². The van der Waals surface area contributed by atoms with E-state index in [4.69, 9.17) is 24.7 Å². The zero-order valence-electron chi connectivity index (χ0n) is 16.5. The molecule has 0 bridgehead atoms. The molecule has 0 amide bonds. The van der Waals surface area contributed by atoms with Crippen LogP contribution in [0.3, 0.4) is 0 Å². The number of thiazole rings is 1. The number of hydrogen-bond donors (Lipinski definition) is 1. The molecule has 0 aliphatic carbocycles. The van der Waals surface area contributed by atoms with Gasteiger partial charge in [-0.05, 0) is 31.2 Å². The van der Waals surface area contributed by atoms with Crippen molar-refractivity contribution >= 4 is 32.9 Å². The summed E-state index contributed by atoms with van der Waals surface area (Å²) in [5.74, 6) is 2.07. The van der Waals surface area contributed by atoms with E-state index in [0.717, 1.165) is 0 Å². The molecule has 0 spiro atoms. The molecule has 3 aromatic rings. The fraction of sp³-hybridized carbons (Fsp3) is 0.200. The molecular formula is C20H18N4O5S. The SMILES string of the molecule is COc1ccc(OC)c(-c2nc(N)sc2N=Nc2cc3c(cc2C(C)=O)OCO3)c1. The number of Topliss-reactive ketones (excluding diaryl/α,β-unsaturated/α-hetero) is 1. The number of carbonyl (C=O) groups is 1. The molecule has 0 saturated carbocycles. The van der Waals surface area contributed by atoms with Crippen molar-refractivity contribution in [2.75, 3.05) is 26.7 Å². The van der Waals surface area contributed by atoms with Crippen molar-refractivity contribution in [3.63, 3.8) is 0 Å². The molecule has 0 radical (unpaired) electrons. The van der Waals surface area contributed by atoms with Gasteiger partial charge in [-0.3, -0.25) is 4.79 Å². The van der Waals surface area contributed by atoms with Crippen LogP contribution in [0.25, 0.3) is 11.3 Å². The van der Waals surface area contributed by atoms with E-state index in [0.29, 0.717) is 55.6 Å². The second-order valence-electron chi connectivity index (χ2n) is 6.25. The maximum Gasteiger partial charge on any atom is 0.231 e. The van der Waals surface area contributed by atoms with Crippen molar-refractivity contribution in [2.45, 2.75) is 6.92 Å². The van der Waals surface area contributed by atoms with Crippen molar-refractivity contribution < 1.29 is 23.7 Å². The Morgan fingerprint density at radius 3 is 2.60 bits per heavy atom. The minimum Gasteiger partial charge on any atom is -0.497 e. The Hall–Kier alpha value is -3.66. The van der Waals surface area contributed by atoms with Gasteiger partial charge in [-0.15, -0.1) is 10.2 Å². The number of ketones is 1. The Morgan fingerprint density at radius 1 is 1.13 bits per heavy atom. The fourth-order valence-corrected chi connectivity index (χ4v) is 3.63. The molecule has 1 aliphatic heterocycles. The smallest absolute Gasteiger partial charge is 0.231 e. The third kappa shape index (κ3) is 3.64. The average Bonchev–Trinajstić information content (AvgIpc) is 3.36. The zero-order valence-corrected chi connectivity index (χ0v) is 17.3. The number of hydrogen-bond acceptors (Lipinski definition) is 10. The van der Waals surface area contributed by atoms with Crippen molar-refractivity contribution in [1.82, 2.24) is 4.98 Å². The molecule has 0 saturated heterocycles. The monoisotopic (exact) mass is 426 g/mol. The lowest BCUT2D eigenvalue weighted by Crippen LogP contribution is -1.93. The van der Waals surface area contributed by atoms with Crippen LogP contribution in [0.5, 0.6) is 23.0 Å². The lowest BCUT2D eigenvalue weighted by molar-refractivity contribution is 0.101. The van der Waals surface area contributed by atoms with Crippen LogP contribution in [0.4, 0.5) is 15.8 Å². The van der Waals surface area contributed by atoms with Crippen molar-refractivity contribution in [1.29, 1.82) is 0 Å². The number of aromatic nitrogens is 1. The molecular weight excluding hydrogens is 408 g/mol. The Kier molecular flexibility index (Phi) is 5.23. The summed E-state index contributed by atoms with van der Waals surface area (Å²) in [5, 5.41) is 9.40. The van der Waals surface area contributed by atoms with Gasteiger partial charge in [0.1, 0.15) is 22.9 Å². The van der Waals surface area contributed by atoms with E-state index in [2.05, 4.69) is 15.2 Å². The van der Waals surface area contributed by atoms with E-state index in [-0.39, 0.29) is 12.6 Å². The summed E-state index contributed by atoms with van der Waals surface area (Å²) in [6.45, 7) is 1.55. The minimum absolute atomic E-state index is 0.0957. The quantitative estimate of drug-likeness (QED) is 0.446. The topological polar surface area (TPSA) is 118 Å². The number of nitrogens with two attached hydrogens (primary N) is 1. The summed E-state index contributed by atoms with van der Waals surface area (Å²) in [5.41, 5.74) is 7.85. The van der Waals surface area contributed by atoms with Gasteiger partial charge in [0.2, 0.25) is 6.79 Å². The maximum atomic E-state index is 12.1. The van der Waals surface area contributed by atoms with E-state index in [1.165, 1.54) is 18.3 Å². The second kappa shape index (κ2) is 7.99. The Labute approximate surface area is 176 Å². The predicted octanol–water partition coefficient (Wildman–Crippen LogP) is 4.76. The zero-order chi connectivity index (χ0) is 21.3. The number of rotatable bonds is 6. The first-order chi connectivity index (χ1) is 14.5. The highest BCUT2D eigenvalue weighted by Gasteiger charge is 2.21. The summed E-state index contributed by atoms with van der Waals surface area (Å²) in [6, 6.07) is 8.57. The third-order valence-corrected chi connectivity index (χ3v) is 5.18. The van der Waals surface area contributed by atoms with Crippen LogP contribution < -0.4 is 24.7 Å². The van der Waals surface area contributed by atoms with Crippen LogP contribution in [-0.2, 0) is 0 Å². The molecule has 4 rings (SSSR count). The molecule has 0 atom stereocenters. The van der Waals surface area contributed by atoms with Gasteiger partial charge in [0.15, 0.2) is 27.4 Å². The molecule has 0 fully saturated rings. The normalized spacial score (nSPS) is 12.4. The van der Waals surface area contributed by atoms with E-state index in [1.807, 2.05) is 0 Å². The minimum atomic E-state index is -0.166. The molecule has 1 aromatic heterocycles. The van der Waals surface area contributed by atoms with E-state index >= 15 is 0 Å². The lowest BCUT2D eigenvalue weighted by Gasteiger charge is -2.09. The van der Waals surface area contributed by atoms with Crippen LogP contribution >= 0.6 is 11.3 Å². The Morgan fingerprint density at radius 2 is 1.90 bits per heavy atom. The molecule has 9 nitrogen and oxygen atoms in total. The maximum absolute atomic E-state index is 12.1. The first kappa shape index (κ1) is 19.6. The van der Waals surface area contributed by atoms with Crippen molar-refractivity contribution in [2.24, 2.45) is 10.2 Å². The fourth-order valence-electron chi connectivity index (χ4n) is 2.97. The van der Waals surface area contributed by atoms with Gasteiger partial charge in [0.05, 0.1) is 14.2 Å². The molecule has 154 valence electrons. The molecule has 0 unspecified atom stereocenters. The number of ether oxygens (including phenoxy) is 4. The number of fused-ring (bicyclic) bond motifs is 1. The molecule has 30 heavy (non-hydrogen) atoms. The van der Waals surface area contributed by atoms with Gasteiger partial charge in [-0.2, -0.15) is 0 Å². The van der Waals surface area contributed by atoms with Crippen LogP contribution in [0.2, 0.25) is 0 Å². The highest BCUT2D eigenvalue weighted by molar-refractivity contribution is 7.19. The molecule has 10 heteroatoms. The van der Waals surface area contributed by atoms with Gasteiger partial charge in [0, 0.05) is 17.2 Å². The summed E-state index contributed by atoms with van der Waals surface area (Å²) < 4.78 is 21.5.